The van der Waals surface area contributed by atoms with E-state index >= 15 is 0 Å². The fourth-order valence-electron chi connectivity index (χ4n) is 2.16. The number of carbonyl (C=O) groups is 1. The van der Waals surface area contributed by atoms with E-state index in [1.165, 1.54) is 4.68 Å². The summed E-state index contributed by atoms with van der Waals surface area (Å²) in [6.07, 6.45) is 0.697. The number of hydrogen-bond acceptors (Lipinski definition) is 4. The van der Waals surface area contributed by atoms with Crippen molar-refractivity contribution >= 4 is 16.7 Å². The summed E-state index contributed by atoms with van der Waals surface area (Å²) in [5.41, 5.74) is 1.63. The van der Waals surface area contributed by atoms with Gasteiger partial charge in [0.2, 0.25) is 0 Å². The molecule has 0 saturated carbocycles. The number of carbonyl (C=O) groups excluding carboxylic acids is 1. The third kappa shape index (κ3) is 2.71. The number of nitrogens with zero attached hydrogens (tertiary/aromatic N) is 2. The van der Waals surface area contributed by atoms with Crippen LogP contribution in [0.2, 0.25) is 0 Å². The van der Waals surface area contributed by atoms with Gasteiger partial charge in [0, 0.05) is 5.39 Å². The van der Waals surface area contributed by atoms with Crippen LogP contribution < -0.4 is 5.56 Å². The molecular weight excluding hydrogens is 256 g/mol. The second-order valence-corrected chi connectivity index (χ2v) is 4.62. The van der Waals surface area contributed by atoms with Crippen LogP contribution in [0.5, 0.6) is 0 Å². The molecule has 106 valence electrons. The minimum Gasteiger partial charge on any atom is -0.465 e. The topological polar surface area (TPSA) is 61.2 Å². The fraction of sp³-hybridized carbons (Fsp3) is 0.400. The first-order valence-electron chi connectivity index (χ1n) is 6.72. The lowest BCUT2D eigenvalue weighted by Crippen LogP contribution is -2.29. The van der Waals surface area contributed by atoms with Crippen molar-refractivity contribution in [3.05, 3.63) is 39.8 Å². The SMILES string of the molecule is CCOC(=O)Cn1nc(CC)c2cc(C)ccc2c1=O. The van der Waals surface area contributed by atoms with Gasteiger partial charge in [0.05, 0.1) is 17.7 Å². The highest BCUT2D eigenvalue weighted by Gasteiger charge is 2.12. The Bertz CT molecular complexity index is 704. The first kappa shape index (κ1) is 14.2. The molecule has 0 spiro atoms. The van der Waals surface area contributed by atoms with Gasteiger partial charge in [-0.2, -0.15) is 5.10 Å². The summed E-state index contributed by atoms with van der Waals surface area (Å²) in [6, 6.07) is 5.63. The Labute approximate surface area is 117 Å². The molecule has 2 aromatic rings. The number of esters is 1. The summed E-state index contributed by atoms with van der Waals surface area (Å²) in [6.45, 7) is 5.82. The molecule has 0 aliphatic carbocycles. The maximum atomic E-state index is 12.3. The Morgan fingerprint density at radius 2 is 2.05 bits per heavy atom. The zero-order chi connectivity index (χ0) is 14.7. The molecule has 1 aromatic heterocycles. The van der Waals surface area contributed by atoms with Gasteiger partial charge < -0.3 is 4.74 Å². The first-order chi connectivity index (χ1) is 9.56. The van der Waals surface area contributed by atoms with Gasteiger partial charge in [-0.3, -0.25) is 9.59 Å². The molecule has 0 radical (unpaired) electrons. The molecule has 5 nitrogen and oxygen atoms in total. The third-order valence-corrected chi connectivity index (χ3v) is 3.11. The number of aromatic nitrogens is 2. The Hall–Kier alpha value is -2.17. The molecule has 5 heteroatoms. The molecule has 0 unspecified atom stereocenters. The van der Waals surface area contributed by atoms with Gasteiger partial charge in [0.15, 0.2) is 0 Å². The molecule has 0 bridgehead atoms. The number of benzene rings is 1. The van der Waals surface area contributed by atoms with Crippen molar-refractivity contribution in [3.8, 4) is 0 Å². The Morgan fingerprint density at radius 1 is 1.30 bits per heavy atom. The van der Waals surface area contributed by atoms with Crippen LogP contribution in [0.3, 0.4) is 0 Å². The molecule has 0 saturated heterocycles. The van der Waals surface area contributed by atoms with Crippen molar-refractivity contribution in [2.24, 2.45) is 0 Å². The van der Waals surface area contributed by atoms with Gasteiger partial charge in [-0.15, -0.1) is 0 Å². The van der Waals surface area contributed by atoms with Crippen molar-refractivity contribution < 1.29 is 9.53 Å². The number of hydrogen-bond donors (Lipinski definition) is 0. The lowest BCUT2D eigenvalue weighted by Gasteiger charge is -2.10. The van der Waals surface area contributed by atoms with Crippen molar-refractivity contribution in [2.75, 3.05) is 6.61 Å². The van der Waals surface area contributed by atoms with Gasteiger partial charge >= 0.3 is 5.97 Å². The predicted octanol–water partition coefficient (Wildman–Crippen LogP) is 1.83. The molecule has 0 amide bonds. The lowest BCUT2D eigenvalue weighted by atomic mass is 10.1. The Balaban J connectivity index is 2.57. The van der Waals surface area contributed by atoms with E-state index in [9.17, 15) is 9.59 Å². The van der Waals surface area contributed by atoms with Crippen LogP contribution in [0, 0.1) is 6.92 Å². The first-order valence-corrected chi connectivity index (χ1v) is 6.72. The maximum Gasteiger partial charge on any atom is 0.327 e. The van der Waals surface area contributed by atoms with Gasteiger partial charge in [-0.25, -0.2) is 4.68 Å². The standard InChI is InChI=1S/C15H18N2O3/c1-4-13-12-8-10(3)6-7-11(12)15(19)17(16-13)9-14(18)20-5-2/h6-8H,4-5,9H2,1-3H3. The van der Waals surface area contributed by atoms with E-state index in [1.807, 2.05) is 26.0 Å². The van der Waals surface area contributed by atoms with Crippen molar-refractivity contribution in [3.63, 3.8) is 0 Å². The average molecular weight is 274 g/mol. The summed E-state index contributed by atoms with van der Waals surface area (Å²) in [4.78, 5) is 23.9. The van der Waals surface area contributed by atoms with Crippen LogP contribution in [0.4, 0.5) is 0 Å². The zero-order valence-electron chi connectivity index (χ0n) is 12.0. The second-order valence-electron chi connectivity index (χ2n) is 4.62. The number of fused-ring (bicyclic) bond motifs is 1. The van der Waals surface area contributed by atoms with Gasteiger partial charge in [0.1, 0.15) is 6.54 Å². The van der Waals surface area contributed by atoms with Crippen LogP contribution in [0.15, 0.2) is 23.0 Å². The average Bonchev–Trinajstić information content (AvgIpc) is 2.42. The van der Waals surface area contributed by atoms with E-state index in [1.54, 1.807) is 13.0 Å². The Kier molecular flexibility index (Phi) is 4.17. The quantitative estimate of drug-likeness (QED) is 0.798. The smallest absolute Gasteiger partial charge is 0.327 e. The number of ether oxygens (including phenoxy) is 1. The van der Waals surface area contributed by atoms with E-state index in [2.05, 4.69) is 5.10 Å². The third-order valence-electron chi connectivity index (χ3n) is 3.11. The highest BCUT2D eigenvalue weighted by Crippen LogP contribution is 2.16. The van der Waals surface area contributed by atoms with Crippen LogP contribution in [-0.2, 0) is 22.5 Å². The van der Waals surface area contributed by atoms with Crippen molar-refractivity contribution in [2.45, 2.75) is 33.7 Å². The van der Waals surface area contributed by atoms with Crippen LogP contribution in [0.1, 0.15) is 25.1 Å². The van der Waals surface area contributed by atoms with E-state index < -0.39 is 5.97 Å². The lowest BCUT2D eigenvalue weighted by molar-refractivity contribution is -0.144. The van der Waals surface area contributed by atoms with Gasteiger partial charge in [-0.1, -0.05) is 18.6 Å². The fourth-order valence-corrected chi connectivity index (χ4v) is 2.16. The largest absolute Gasteiger partial charge is 0.465 e. The van der Waals surface area contributed by atoms with Crippen molar-refractivity contribution in [1.82, 2.24) is 9.78 Å². The van der Waals surface area contributed by atoms with E-state index in [4.69, 9.17) is 4.74 Å². The molecule has 0 N–H and O–H groups in total. The molecule has 0 aliphatic rings. The molecule has 2 rings (SSSR count). The monoisotopic (exact) mass is 274 g/mol. The van der Waals surface area contributed by atoms with E-state index in [-0.39, 0.29) is 12.1 Å². The van der Waals surface area contributed by atoms with Crippen LogP contribution >= 0.6 is 0 Å². The molecule has 20 heavy (non-hydrogen) atoms. The summed E-state index contributed by atoms with van der Waals surface area (Å²) >= 11 is 0. The van der Waals surface area contributed by atoms with E-state index in [0.29, 0.717) is 18.4 Å². The molecular formula is C15H18N2O3. The predicted molar refractivity (Wildman–Crippen MR) is 76.8 cm³/mol. The molecule has 1 heterocycles. The van der Waals surface area contributed by atoms with Crippen LogP contribution in [0.25, 0.3) is 10.8 Å². The zero-order valence-corrected chi connectivity index (χ0v) is 12.0. The summed E-state index contributed by atoms with van der Waals surface area (Å²) < 4.78 is 6.06. The Morgan fingerprint density at radius 3 is 2.70 bits per heavy atom. The molecule has 0 aliphatic heterocycles. The number of aryl methyl sites for hydroxylation is 2. The highest BCUT2D eigenvalue weighted by atomic mass is 16.5. The van der Waals surface area contributed by atoms with Crippen LogP contribution in [-0.4, -0.2) is 22.4 Å². The van der Waals surface area contributed by atoms with Gasteiger partial charge in [-0.05, 0) is 32.4 Å². The normalized spacial score (nSPS) is 10.8. The second kappa shape index (κ2) is 5.86. The molecule has 1 aromatic carbocycles. The minimum atomic E-state index is -0.449. The minimum absolute atomic E-state index is 0.149. The van der Waals surface area contributed by atoms with Gasteiger partial charge in [0.25, 0.3) is 5.56 Å². The maximum absolute atomic E-state index is 12.3. The summed E-state index contributed by atoms with van der Waals surface area (Å²) in [5.74, 6) is -0.449. The van der Waals surface area contributed by atoms with Crippen molar-refractivity contribution in [1.29, 1.82) is 0 Å². The van der Waals surface area contributed by atoms with E-state index in [0.717, 1.165) is 16.6 Å². The number of rotatable bonds is 4. The molecule has 0 fully saturated rings. The summed E-state index contributed by atoms with van der Waals surface area (Å²) in [5, 5.41) is 5.73. The summed E-state index contributed by atoms with van der Waals surface area (Å²) in [7, 11) is 0. The highest BCUT2D eigenvalue weighted by molar-refractivity contribution is 5.84. The molecule has 0 atom stereocenters.